The van der Waals surface area contributed by atoms with Crippen LogP contribution in [0.1, 0.15) is 37.8 Å². The van der Waals surface area contributed by atoms with Gasteiger partial charge >= 0.3 is 0 Å². The molecule has 1 N–H and O–H groups in total. The Balaban J connectivity index is 1.67. The molecule has 1 fully saturated rings. The third-order valence-electron chi connectivity index (χ3n) is 3.91. The first-order valence-corrected chi connectivity index (χ1v) is 8.40. The largest absolute Gasteiger partial charge is 0.487 e. The molecule has 0 bridgehead atoms. The van der Waals surface area contributed by atoms with E-state index in [2.05, 4.69) is 49.1 Å². The number of thioether (sulfide) groups is 1. The molecule has 2 aliphatic rings. The molecule has 0 radical (unpaired) electrons. The highest BCUT2D eigenvalue weighted by atomic mass is 32.2. The number of hydrogen-bond donors (Lipinski definition) is 1. The average Bonchev–Trinajstić information content (AvgIpc) is 2.72. The number of benzene rings is 1. The standard InChI is InChI=1S/C16H23NOS/c1-16(2)9-12-5-3-6-13(15(12)18-16)10-17-14-7-4-8-19-11-14/h3,5-6,14,17H,4,7-11H2,1-2H3. The monoisotopic (exact) mass is 277 g/mol. The van der Waals surface area contributed by atoms with E-state index in [1.807, 2.05) is 0 Å². The van der Waals surface area contributed by atoms with Gasteiger partial charge in [-0.25, -0.2) is 0 Å². The van der Waals surface area contributed by atoms with E-state index in [1.165, 1.54) is 35.5 Å². The van der Waals surface area contributed by atoms with E-state index in [0.29, 0.717) is 6.04 Å². The van der Waals surface area contributed by atoms with Crippen LogP contribution < -0.4 is 10.1 Å². The normalized spacial score (nSPS) is 24.8. The predicted molar refractivity (Wildman–Crippen MR) is 82.0 cm³/mol. The van der Waals surface area contributed by atoms with E-state index in [-0.39, 0.29) is 5.60 Å². The molecular weight excluding hydrogens is 254 g/mol. The third-order valence-corrected chi connectivity index (χ3v) is 5.13. The number of ether oxygens (including phenoxy) is 1. The summed E-state index contributed by atoms with van der Waals surface area (Å²) in [5.74, 6) is 3.71. The van der Waals surface area contributed by atoms with Crippen LogP contribution in [-0.4, -0.2) is 23.1 Å². The summed E-state index contributed by atoms with van der Waals surface area (Å²) in [5.41, 5.74) is 2.64. The zero-order valence-electron chi connectivity index (χ0n) is 11.9. The van der Waals surface area contributed by atoms with Crippen LogP contribution in [0.4, 0.5) is 0 Å². The molecule has 104 valence electrons. The van der Waals surface area contributed by atoms with Crippen LogP contribution >= 0.6 is 11.8 Å². The smallest absolute Gasteiger partial charge is 0.127 e. The Morgan fingerprint density at radius 3 is 3.11 bits per heavy atom. The number of fused-ring (bicyclic) bond motifs is 1. The van der Waals surface area contributed by atoms with Gasteiger partial charge in [0, 0.05) is 30.3 Å². The SMILES string of the molecule is CC1(C)Cc2cccc(CNC3CCCSC3)c2O1. The van der Waals surface area contributed by atoms with Crippen molar-refractivity contribution in [1.82, 2.24) is 5.32 Å². The molecule has 19 heavy (non-hydrogen) atoms. The van der Waals surface area contributed by atoms with Gasteiger partial charge in [-0.2, -0.15) is 11.8 Å². The third kappa shape index (κ3) is 3.09. The van der Waals surface area contributed by atoms with Gasteiger partial charge in [-0.05, 0) is 38.0 Å². The molecule has 0 aliphatic carbocycles. The fourth-order valence-corrected chi connectivity index (χ4v) is 4.08. The highest BCUT2D eigenvalue weighted by molar-refractivity contribution is 7.99. The lowest BCUT2D eigenvalue weighted by Crippen LogP contribution is -2.33. The highest BCUT2D eigenvalue weighted by Gasteiger charge is 2.31. The molecule has 3 heteroatoms. The summed E-state index contributed by atoms with van der Waals surface area (Å²) in [7, 11) is 0. The Morgan fingerprint density at radius 2 is 2.32 bits per heavy atom. The Hall–Kier alpha value is -0.670. The maximum absolute atomic E-state index is 6.12. The van der Waals surface area contributed by atoms with Gasteiger partial charge in [0.05, 0.1) is 0 Å². The molecule has 1 aromatic carbocycles. The van der Waals surface area contributed by atoms with Crippen molar-refractivity contribution in [1.29, 1.82) is 0 Å². The van der Waals surface area contributed by atoms with Crippen molar-refractivity contribution < 1.29 is 4.74 Å². The van der Waals surface area contributed by atoms with Gasteiger partial charge in [0.1, 0.15) is 11.4 Å². The summed E-state index contributed by atoms with van der Waals surface area (Å²) in [4.78, 5) is 0. The Kier molecular flexibility index (Phi) is 3.77. The lowest BCUT2D eigenvalue weighted by atomic mass is 10.0. The number of hydrogen-bond acceptors (Lipinski definition) is 3. The van der Waals surface area contributed by atoms with Gasteiger partial charge in [0.2, 0.25) is 0 Å². The molecule has 0 spiro atoms. The van der Waals surface area contributed by atoms with Gasteiger partial charge in [-0.15, -0.1) is 0 Å². The first-order valence-electron chi connectivity index (χ1n) is 7.25. The first-order chi connectivity index (χ1) is 9.14. The fourth-order valence-electron chi connectivity index (χ4n) is 2.97. The van der Waals surface area contributed by atoms with Crippen molar-refractivity contribution in [2.24, 2.45) is 0 Å². The van der Waals surface area contributed by atoms with E-state index in [4.69, 9.17) is 4.74 Å². The van der Waals surface area contributed by atoms with E-state index in [1.54, 1.807) is 0 Å². The van der Waals surface area contributed by atoms with Crippen LogP contribution in [-0.2, 0) is 13.0 Å². The minimum atomic E-state index is -0.0425. The molecular formula is C16H23NOS. The van der Waals surface area contributed by atoms with Crippen LogP contribution in [0.5, 0.6) is 5.75 Å². The van der Waals surface area contributed by atoms with Crippen molar-refractivity contribution >= 4 is 11.8 Å². The van der Waals surface area contributed by atoms with Crippen LogP contribution in [0.2, 0.25) is 0 Å². The van der Waals surface area contributed by atoms with Gasteiger partial charge in [-0.1, -0.05) is 18.2 Å². The van der Waals surface area contributed by atoms with Crippen LogP contribution in [0, 0.1) is 0 Å². The first kappa shape index (κ1) is 13.3. The Morgan fingerprint density at radius 1 is 1.42 bits per heavy atom. The summed E-state index contributed by atoms with van der Waals surface area (Å²) in [5, 5.41) is 3.69. The van der Waals surface area contributed by atoms with Crippen molar-refractivity contribution in [3.05, 3.63) is 29.3 Å². The van der Waals surface area contributed by atoms with Crippen LogP contribution in [0.25, 0.3) is 0 Å². The molecule has 1 unspecified atom stereocenters. The maximum atomic E-state index is 6.12. The van der Waals surface area contributed by atoms with E-state index in [9.17, 15) is 0 Å². The molecule has 2 aliphatic heterocycles. The average molecular weight is 277 g/mol. The summed E-state index contributed by atoms with van der Waals surface area (Å²) >= 11 is 2.07. The molecule has 1 atom stereocenters. The second kappa shape index (κ2) is 5.37. The maximum Gasteiger partial charge on any atom is 0.127 e. The lowest BCUT2D eigenvalue weighted by molar-refractivity contribution is 0.137. The van der Waals surface area contributed by atoms with Gasteiger partial charge < -0.3 is 10.1 Å². The molecule has 2 heterocycles. The molecule has 1 aromatic rings. The Labute approximate surface area is 120 Å². The summed E-state index contributed by atoms with van der Waals surface area (Å²) in [6.45, 7) is 5.27. The van der Waals surface area contributed by atoms with Crippen molar-refractivity contribution in [2.45, 2.75) is 51.3 Å². The number of nitrogens with one attached hydrogen (secondary N) is 1. The van der Waals surface area contributed by atoms with E-state index >= 15 is 0 Å². The molecule has 1 saturated heterocycles. The lowest BCUT2D eigenvalue weighted by Gasteiger charge is -2.23. The molecule has 0 saturated carbocycles. The predicted octanol–water partition coefficient (Wildman–Crippen LogP) is 3.39. The second-order valence-electron chi connectivity index (χ2n) is 6.24. The minimum absolute atomic E-state index is 0.0425. The second-order valence-corrected chi connectivity index (χ2v) is 7.39. The summed E-state index contributed by atoms with van der Waals surface area (Å²) in [6.07, 6.45) is 3.68. The van der Waals surface area contributed by atoms with Crippen molar-refractivity contribution in [3.8, 4) is 5.75 Å². The summed E-state index contributed by atoms with van der Waals surface area (Å²) in [6, 6.07) is 7.23. The Bertz CT molecular complexity index is 452. The van der Waals surface area contributed by atoms with Gasteiger partial charge in [0.25, 0.3) is 0 Å². The zero-order chi connectivity index (χ0) is 13.3. The topological polar surface area (TPSA) is 21.3 Å². The molecule has 0 aromatic heterocycles. The van der Waals surface area contributed by atoms with Crippen molar-refractivity contribution in [3.63, 3.8) is 0 Å². The number of para-hydroxylation sites is 1. The quantitative estimate of drug-likeness (QED) is 0.915. The van der Waals surface area contributed by atoms with Crippen LogP contribution in [0.15, 0.2) is 18.2 Å². The van der Waals surface area contributed by atoms with E-state index < -0.39 is 0 Å². The minimum Gasteiger partial charge on any atom is -0.487 e. The van der Waals surface area contributed by atoms with Gasteiger partial charge in [-0.3, -0.25) is 0 Å². The summed E-state index contributed by atoms with van der Waals surface area (Å²) < 4.78 is 6.12. The molecule has 3 rings (SSSR count). The molecule has 2 nitrogen and oxygen atoms in total. The zero-order valence-corrected chi connectivity index (χ0v) is 12.7. The number of rotatable bonds is 3. The fraction of sp³-hybridized carbons (Fsp3) is 0.625. The van der Waals surface area contributed by atoms with Crippen molar-refractivity contribution in [2.75, 3.05) is 11.5 Å². The molecule has 0 amide bonds. The van der Waals surface area contributed by atoms with Gasteiger partial charge in [0.15, 0.2) is 0 Å². The van der Waals surface area contributed by atoms with Crippen LogP contribution in [0.3, 0.4) is 0 Å². The highest BCUT2D eigenvalue weighted by Crippen LogP contribution is 2.37. The van der Waals surface area contributed by atoms with E-state index in [0.717, 1.165) is 18.7 Å².